The normalized spacial score (nSPS) is 22.5. The van der Waals surface area contributed by atoms with E-state index in [9.17, 15) is 0 Å². The van der Waals surface area contributed by atoms with Crippen LogP contribution in [0.2, 0.25) is 0 Å². The van der Waals surface area contributed by atoms with Gasteiger partial charge in [0.05, 0.1) is 6.54 Å². The maximum atomic E-state index is 5.67. The van der Waals surface area contributed by atoms with Crippen LogP contribution in [0.5, 0.6) is 0 Å². The monoisotopic (exact) mass is 251 g/mol. The van der Waals surface area contributed by atoms with E-state index in [1.807, 2.05) is 0 Å². The van der Waals surface area contributed by atoms with Crippen LogP contribution < -0.4 is 16.4 Å². The van der Waals surface area contributed by atoms with Gasteiger partial charge in [0, 0.05) is 23.9 Å². The molecular formula is C11H17N5S. The number of aliphatic imine (C=N–C) groups is 2. The first-order valence-electron chi connectivity index (χ1n) is 5.64. The Morgan fingerprint density at radius 3 is 3.29 bits per heavy atom. The van der Waals surface area contributed by atoms with Crippen LogP contribution in [0.4, 0.5) is 0 Å². The van der Waals surface area contributed by atoms with Gasteiger partial charge in [0.1, 0.15) is 0 Å². The lowest BCUT2D eigenvalue weighted by Crippen LogP contribution is -2.45. The topological polar surface area (TPSA) is 74.8 Å². The lowest BCUT2D eigenvalue weighted by molar-refractivity contribution is 0.675. The number of hydrogen-bond acceptors (Lipinski definition) is 4. The van der Waals surface area contributed by atoms with Crippen molar-refractivity contribution in [3.8, 4) is 0 Å². The van der Waals surface area contributed by atoms with Crippen LogP contribution in [-0.4, -0.2) is 31.1 Å². The molecular weight excluding hydrogens is 234 g/mol. The quantitative estimate of drug-likeness (QED) is 0.734. The van der Waals surface area contributed by atoms with Crippen molar-refractivity contribution in [3.63, 3.8) is 0 Å². The van der Waals surface area contributed by atoms with E-state index in [2.05, 4.69) is 45.1 Å². The summed E-state index contributed by atoms with van der Waals surface area (Å²) in [6.45, 7) is 3.47. The molecule has 0 saturated carbocycles. The standard InChI is InChI=1S/C11H17N5S/c1-8-7-14-10(12)16-11(15-8)13-5-4-9-3-2-6-17-9/h2-3,6,8H,4-5,7H2,1H3,(H4,12,13,14,15,16). The van der Waals surface area contributed by atoms with Crippen molar-refractivity contribution in [1.82, 2.24) is 10.6 Å². The van der Waals surface area contributed by atoms with Crippen LogP contribution in [-0.2, 0) is 6.42 Å². The second-order valence-corrected chi connectivity index (χ2v) is 4.99. The van der Waals surface area contributed by atoms with E-state index in [0.717, 1.165) is 13.0 Å². The minimum atomic E-state index is 0.254. The highest BCUT2D eigenvalue weighted by Gasteiger charge is 2.10. The third-order valence-corrected chi connectivity index (χ3v) is 3.31. The highest BCUT2D eigenvalue weighted by atomic mass is 32.1. The summed E-state index contributed by atoms with van der Waals surface area (Å²) in [7, 11) is 0. The van der Waals surface area contributed by atoms with Gasteiger partial charge in [-0.3, -0.25) is 15.3 Å². The molecule has 92 valence electrons. The first kappa shape index (κ1) is 11.9. The Morgan fingerprint density at radius 2 is 2.53 bits per heavy atom. The van der Waals surface area contributed by atoms with E-state index >= 15 is 0 Å². The Balaban J connectivity index is 1.89. The maximum absolute atomic E-state index is 5.67. The molecule has 0 aliphatic carbocycles. The van der Waals surface area contributed by atoms with Crippen molar-refractivity contribution in [2.75, 3.05) is 13.1 Å². The maximum Gasteiger partial charge on any atom is 0.198 e. The van der Waals surface area contributed by atoms with Crippen LogP contribution in [0.3, 0.4) is 0 Å². The van der Waals surface area contributed by atoms with Crippen LogP contribution >= 0.6 is 11.3 Å². The lowest BCUT2D eigenvalue weighted by Gasteiger charge is -2.11. The fourth-order valence-corrected chi connectivity index (χ4v) is 2.23. The number of thiophene rings is 1. The molecule has 0 bridgehead atoms. The Hall–Kier alpha value is -1.56. The van der Waals surface area contributed by atoms with Crippen molar-refractivity contribution < 1.29 is 0 Å². The molecule has 0 saturated heterocycles. The average Bonchev–Trinajstić information content (AvgIpc) is 2.73. The fraction of sp³-hybridized carbons (Fsp3) is 0.455. The molecule has 6 heteroatoms. The van der Waals surface area contributed by atoms with Crippen molar-refractivity contribution >= 4 is 23.3 Å². The molecule has 1 aliphatic rings. The number of hydrogen-bond donors (Lipinski definition) is 3. The van der Waals surface area contributed by atoms with Crippen molar-refractivity contribution in [3.05, 3.63) is 22.4 Å². The highest BCUT2D eigenvalue weighted by molar-refractivity contribution is 7.09. The van der Waals surface area contributed by atoms with Crippen molar-refractivity contribution in [2.45, 2.75) is 19.4 Å². The second-order valence-electron chi connectivity index (χ2n) is 3.96. The largest absolute Gasteiger partial charge is 0.370 e. The predicted molar refractivity (Wildman–Crippen MR) is 72.5 cm³/mol. The Labute approximate surface area is 105 Å². The molecule has 1 aromatic rings. The van der Waals surface area contributed by atoms with Gasteiger partial charge in [0.15, 0.2) is 11.9 Å². The Morgan fingerprint density at radius 1 is 1.65 bits per heavy atom. The summed E-state index contributed by atoms with van der Waals surface area (Å²) in [4.78, 5) is 9.96. The molecule has 0 amide bonds. The fourth-order valence-electron chi connectivity index (χ4n) is 1.53. The summed E-state index contributed by atoms with van der Waals surface area (Å²) < 4.78 is 0. The van der Waals surface area contributed by atoms with Gasteiger partial charge in [-0.1, -0.05) is 6.07 Å². The van der Waals surface area contributed by atoms with E-state index in [0.29, 0.717) is 18.5 Å². The van der Waals surface area contributed by atoms with Crippen LogP contribution in [0.15, 0.2) is 27.5 Å². The molecule has 5 nitrogen and oxygen atoms in total. The zero-order chi connectivity index (χ0) is 12.1. The van der Waals surface area contributed by atoms with E-state index in [4.69, 9.17) is 5.73 Å². The molecule has 0 fully saturated rings. The first-order chi connectivity index (χ1) is 8.24. The molecule has 1 aliphatic heterocycles. The van der Waals surface area contributed by atoms with Gasteiger partial charge >= 0.3 is 0 Å². The smallest absolute Gasteiger partial charge is 0.198 e. The molecule has 1 unspecified atom stereocenters. The average molecular weight is 251 g/mol. The summed E-state index contributed by atoms with van der Waals surface area (Å²) in [5, 5.41) is 8.28. The van der Waals surface area contributed by atoms with Gasteiger partial charge < -0.3 is 11.1 Å². The van der Waals surface area contributed by atoms with Crippen LogP contribution in [0, 0.1) is 0 Å². The minimum absolute atomic E-state index is 0.254. The predicted octanol–water partition coefficient (Wildman–Crippen LogP) is 0.543. The zero-order valence-corrected chi connectivity index (χ0v) is 10.6. The SMILES string of the molecule is CC1CN=C(N)NC(=NCCc2cccs2)N1. The van der Waals surface area contributed by atoms with E-state index in [1.165, 1.54) is 4.88 Å². The molecule has 0 radical (unpaired) electrons. The second kappa shape index (κ2) is 5.67. The molecule has 4 N–H and O–H groups in total. The lowest BCUT2D eigenvalue weighted by atomic mass is 10.3. The summed E-state index contributed by atoms with van der Waals surface area (Å²) in [5.74, 6) is 1.14. The molecule has 0 aromatic carbocycles. The summed E-state index contributed by atoms with van der Waals surface area (Å²) >= 11 is 1.76. The zero-order valence-electron chi connectivity index (χ0n) is 9.81. The van der Waals surface area contributed by atoms with Crippen LogP contribution in [0.1, 0.15) is 11.8 Å². The number of nitrogens with zero attached hydrogens (tertiary/aromatic N) is 2. The van der Waals surface area contributed by atoms with Gasteiger partial charge in [-0.15, -0.1) is 11.3 Å². The van der Waals surface area contributed by atoms with Crippen molar-refractivity contribution in [1.29, 1.82) is 0 Å². The van der Waals surface area contributed by atoms with Gasteiger partial charge in [-0.25, -0.2) is 0 Å². The summed E-state index contributed by atoms with van der Waals surface area (Å²) in [5.41, 5.74) is 5.67. The number of rotatable bonds is 3. The van der Waals surface area contributed by atoms with Crippen molar-refractivity contribution in [2.24, 2.45) is 15.7 Å². The van der Waals surface area contributed by atoms with Crippen LogP contribution in [0.25, 0.3) is 0 Å². The van der Waals surface area contributed by atoms with Gasteiger partial charge in [0.25, 0.3) is 0 Å². The van der Waals surface area contributed by atoms with Gasteiger partial charge in [-0.2, -0.15) is 0 Å². The molecule has 1 aromatic heterocycles. The minimum Gasteiger partial charge on any atom is -0.370 e. The molecule has 2 heterocycles. The van der Waals surface area contributed by atoms with Gasteiger partial charge in [0.2, 0.25) is 0 Å². The Bertz CT molecular complexity index is 410. The molecule has 2 rings (SSSR count). The number of nitrogens with two attached hydrogens (primary N) is 1. The van der Waals surface area contributed by atoms with E-state index in [1.54, 1.807) is 11.3 Å². The summed E-state index contributed by atoms with van der Waals surface area (Å²) in [6, 6.07) is 4.43. The first-order valence-corrected chi connectivity index (χ1v) is 6.52. The third kappa shape index (κ3) is 3.74. The number of nitrogens with one attached hydrogen (secondary N) is 2. The van der Waals surface area contributed by atoms with Gasteiger partial charge in [-0.05, 0) is 18.4 Å². The highest BCUT2D eigenvalue weighted by Crippen LogP contribution is 2.08. The molecule has 17 heavy (non-hydrogen) atoms. The third-order valence-electron chi connectivity index (χ3n) is 2.37. The van der Waals surface area contributed by atoms with E-state index < -0.39 is 0 Å². The van der Waals surface area contributed by atoms with E-state index in [-0.39, 0.29) is 6.04 Å². The molecule has 0 spiro atoms. The number of guanidine groups is 2. The Kier molecular flexibility index (Phi) is 3.98. The summed E-state index contributed by atoms with van der Waals surface area (Å²) in [6.07, 6.45) is 0.954. The molecule has 1 atom stereocenters.